The molecule has 0 N–H and O–H groups in total. The molecule has 0 bridgehead atoms. The van der Waals surface area contributed by atoms with Gasteiger partial charge < -0.3 is 4.74 Å². The molecule has 18 heavy (non-hydrogen) atoms. The molecule has 2 nitrogen and oxygen atoms in total. The van der Waals surface area contributed by atoms with E-state index in [9.17, 15) is 4.79 Å². The van der Waals surface area contributed by atoms with Gasteiger partial charge in [0.25, 0.3) is 0 Å². The normalized spacial score (nSPS) is 19.2. The molecular weight excluding hydrogens is 224 g/mol. The van der Waals surface area contributed by atoms with Crippen LogP contribution in [-0.2, 0) is 9.53 Å². The molecule has 0 radical (unpaired) electrons. The van der Waals surface area contributed by atoms with E-state index in [1.165, 1.54) is 17.6 Å². The minimum atomic E-state index is -0.0996. The summed E-state index contributed by atoms with van der Waals surface area (Å²) in [6, 6.07) is 10.6. The van der Waals surface area contributed by atoms with Crippen LogP contribution in [0.3, 0.4) is 0 Å². The Morgan fingerprint density at radius 1 is 1.33 bits per heavy atom. The third kappa shape index (κ3) is 3.46. The number of carbonyl (C=O) groups is 1. The third-order valence-corrected chi connectivity index (χ3v) is 3.40. The fourth-order valence-corrected chi connectivity index (χ4v) is 2.54. The summed E-state index contributed by atoms with van der Waals surface area (Å²) in [5.41, 5.74) is 2.61. The van der Waals surface area contributed by atoms with Crippen LogP contribution in [0.1, 0.15) is 44.1 Å². The molecule has 1 aromatic carbocycles. The Hall–Kier alpha value is -1.57. The van der Waals surface area contributed by atoms with E-state index >= 15 is 0 Å². The van der Waals surface area contributed by atoms with Gasteiger partial charge in [0.15, 0.2) is 0 Å². The molecule has 0 aliphatic heterocycles. The summed E-state index contributed by atoms with van der Waals surface area (Å²) in [6.07, 6.45) is 5.89. The second-order valence-electron chi connectivity index (χ2n) is 4.73. The van der Waals surface area contributed by atoms with E-state index in [0.717, 1.165) is 12.8 Å². The lowest BCUT2D eigenvalue weighted by Crippen LogP contribution is -2.10. The van der Waals surface area contributed by atoms with Gasteiger partial charge in [-0.2, -0.15) is 0 Å². The van der Waals surface area contributed by atoms with E-state index in [2.05, 4.69) is 30.3 Å². The standard InChI is InChI=1S/C16H20O2/c1-2-18-16(17)12-13-7-6-10-15(11-13)14-8-4-3-5-9-14/h3-5,7-9,15H,2,6,10-12H2,1H3. The number of hydrogen-bond donors (Lipinski definition) is 0. The maximum absolute atomic E-state index is 11.5. The van der Waals surface area contributed by atoms with Crippen molar-refractivity contribution in [3.05, 3.63) is 47.5 Å². The molecule has 1 aromatic rings. The third-order valence-electron chi connectivity index (χ3n) is 3.40. The number of rotatable bonds is 4. The number of hydrogen-bond acceptors (Lipinski definition) is 2. The smallest absolute Gasteiger partial charge is 0.309 e. The maximum Gasteiger partial charge on any atom is 0.309 e. The summed E-state index contributed by atoms with van der Waals surface area (Å²) in [4.78, 5) is 11.5. The lowest BCUT2D eigenvalue weighted by Gasteiger charge is -2.22. The first-order valence-electron chi connectivity index (χ1n) is 6.68. The van der Waals surface area contributed by atoms with Crippen molar-refractivity contribution in [3.63, 3.8) is 0 Å². The van der Waals surface area contributed by atoms with Crippen molar-refractivity contribution in [2.45, 2.75) is 38.5 Å². The SMILES string of the molecule is CCOC(=O)CC1=CCCC(c2ccccc2)C1. The number of carbonyl (C=O) groups excluding carboxylic acids is 1. The largest absolute Gasteiger partial charge is 0.466 e. The zero-order chi connectivity index (χ0) is 12.8. The van der Waals surface area contributed by atoms with Crippen LogP contribution in [0.5, 0.6) is 0 Å². The topological polar surface area (TPSA) is 26.3 Å². The van der Waals surface area contributed by atoms with Crippen molar-refractivity contribution in [2.24, 2.45) is 0 Å². The van der Waals surface area contributed by atoms with Crippen LogP contribution >= 0.6 is 0 Å². The Kier molecular flexibility index (Phi) is 4.57. The van der Waals surface area contributed by atoms with E-state index in [1.54, 1.807) is 0 Å². The molecule has 0 fully saturated rings. The van der Waals surface area contributed by atoms with Crippen LogP contribution < -0.4 is 0 Å². The van der Waals surface area contributed by atoms with E-state index < -0.39 is 0 Å². The van der Waals surface area contributed by atoms with Crippen molar-refractivity contribution in [1.29, 1.82) is 0 Å². The van der Waals surface area contributed by atoms with Crippen LogP contribution in [-0.4, -0.2) is 12.6 Å². The molecule has 1 aliphatic carbocycles. The summed E-state index contributed by atoms with van der Waals surface area (Å²) in [5.74, 6) is 0.457. The van der Waals surface area contributed by atoms with Crippen molar-refractivity contribution in [3.8, 4) is 0 Å². The number of benzene rings is 1. The predicted octanol–water partition coefficient (Wildman–Crippen LogP) is 3.83. The fourth-order valence-electron chi connectivity index (χ4n) is 2.54. The van der Waals surface area contributed by atoms with E-state index in [0.29, 0.717) is 18.9 Å². The summed E-state index contributed by atoms with van der Waals surface area (Å²) in [5, 5.41) is 0. The average Bonchev–Trinajstić information content (AvgIpc) is 2.40. The molecule has 96 valence electrons. The highest BCUT2D eigenvalue weighted by molar-refractivity contribution is 5.72. The Balaban J connectivity index is 1.96. The molecule has 0 aromatic heterocycles. The Labute approximate surface area is 109 Å². The van der Waals surface area contributed by atoms with Crippen LogP contribution in [0.25, 0.3) is 0 Å². The van der Waals surface area contributed by atoms with Crippen LogP contribution in [0.2, 0.25) is 0 Å². The van der Waals surface area contributed by atoms with Gasteiger partial charge in [0, 0.05) is 0 Å². The number of ether oxygens (including phenoxy) is 1. The minimum Gasteiger partial charge on any atom is -0.466 e. The Morgan fingerprint density at radius 3 is 2.83 bits per heavy atom. The molecule has 0 spiro atoms. The zero-order valence-electron chi connectivity index (χ0n) is 10.9. The molecule has 0 amide bonds. The fraction of sp³-hybridized carbons (Fsp3) is 0.438. The number of esters is 1. The summed E-state index contributed by atoms with van der Waals surface area (Å²) in [6.45, 7) is 2.31. The molecule has 1 unspecified atom stereocenters. The van der Waals surface area contributed by atoms with Crippen molar-refractivity contribution >= 4 is 5.97 Å². The van der Waals surface area contributed by atoms with Gasteiger partial charge in [0.1, 0.15) is 0 Å². The van der Waals surface area contributed by atoms with E-state index in [1.807, 2.05) is 13.0 Å². The first-order chi connectivity index (χ1) is 8.79. The van der Waals surface area contributed by atoms with Gasteiger partial charge >= 0.3 is 5.97 Å². The van der Waals surface area contributed by atoms with E-state index in [4.69, 9.17) is 4.74 Å². The van der Waals surface area contributed by atoms with Crippen LogP contribution in [0.4, 0.5) is 0 Å². The summed E-state index contributed by atoms with van der Waals surface area (Å²) >= 11 is 0. The zero-order valence-corrected chi connectivity index (χ0v) is 10.9. The molecule has 2 heteroatoms. The van der Waals surface area contributed by atoms with Crippen molar-refractivity contribution < 1.29 is 9.53 Å². The van der Waals surface area contributed by atoms with Crippen LogP contribution in [0, 0.1) is 0 Å². The lowest BCUT2D eigenvalue weighted by molar-refractivity contribution is -0.142. The monoisotopic (exact) mass is 244 g/mol. The van der Waals surface area contributed by atoms with Crippen LogP contribution in [0.15, 0.2) is 42.0 Å². The summed E-state index contributed by atoms with van der Waals surface area (Å²) in [7, 11) is 0. The first kappa shape index (κ1) is 12.9. The second-order valence-corrected chi connectivity index (χ2v) is 4.73. The lowest BCUT2D eigenvalue weighted by atomic mass is 9.83. The Morgan fingerprint density at radius 2 is 2.11 bits per heavy atom. The molecule has 0 saturated heterocycles. The van der Waals surface area contributed by atoms with Crippen molar-refractivity contribution in [2.75, 3.05) is 6.61 Å². The quantitative estimate of drug-likeness (QED) is 0.594. The summed E-state index contributed by atoms with van der Waals surface area (Å²) < 4.78 is 5.01. The van der Waals surface area contributed by atoms with Gasteiger partial charge in [0.05, 0.1) is 13.0 Å². The van der Waals surface area contributed by atoms with Gasteiger partial charge in [-0.15, -0.1) is 0 Å². The van der Waals surface area contributed by atoms with Gasteiger partial charge in [-0.05, 0) is 37.7 Å². The second kappa shape index (κ2) is 6.39. The Bertz CT molecular complexity index is 420. The average molecular weight is 244 g/mol. The van der Waals surface area contributed by atoms with E-state index in [-0.39, 0.29) is 5.97 Å². The minimum absolute atomic E-state index is 0.0996. The maximum atomic E-state index is 11.5. The molecular formula is C16H20O2. The molecule has 1 aliphatic rings. The molecule has 0 heterocycles. The van der Waals surface area contributed by atoms with Gasteiger partial charge in [-0.3, -0.25) is 4.79 Å². The molecule has 1 atom stereocenters. The highest BCUT2D eigenvalue weighted by Crippen LogP contribution is 2.33. The first-order valence-corrected chi connectivity index (χ1v) is 6.68. The highest BCUT2D eigenvalue weighted by Gasteiger charge is 2.19. The number of allylic oxidation sites excluding steroid dienone is 1. The molecule has 2 rings (SSSR count). The molecule has 0 saturated carbocycles. The van der Waals surface area contributed by atoms with Gasteiger partial charge in [-0.1, -0.05) is 42.0 Å². The van der Waals surface area contributed by atoms with Crippen molar-refractivity contribution in [1.82, 2.24) is 0 Å². The van der Waals surface area contributed by atoms with Gasteiger partial charge in [0.2, 0.25) is 0 Å². The van der Waals surface area contributed by atoms with Gasteiger partial charge in [-0.25, -0.2) is 0 Å². The highest BCUT2D eigenvalue weighted by atomic mass is 16.5. The predicted molar refractivity (Wildman–Crippen MR) is 72.4 cm³/mol.